The summed E-state index contributed by atoms with van der Waals surface area (Å²) in [6.45, 7) is 5.09. The van der Waals surface area contributed by atoms with Crippen molar-refractivity contribution in [1.29, 1.82) is 0 Å². The van der Waals surface area contributed by atoms with Gasteiger partial charge in [0.25, 0.3) is 0 Å². The predicted octanol–water partition coefficient (Wildman–Crippen LogP) is 3.65. The summed E-state index contributed by atoms with van der Waals surface area (Å²) in [5, 5.41) is 27.1. The number of benzene rings is 1. The van der Waals surface area contributed by atoms with Crippen molar-refractivity contribution in [2.75, 3.05) is 25.0 Å². The van der Waals surface area contributed by atoms with Crippen LogP contribution in [0.15, 0.2) is 24.4 Å². The van der Waals surface area contributed by atoms with E-state index >= 15 is 0 Å². The Labute approximate surface area is 171 Å². The fourth-order valence-electron chi connectivity index (χ4n) is 3.95. The van der Waals surface area contributed by atoms with Crippen LogP contribution in [-0.4, -0.2) is 55.7 Å². The van der Waals surface area contributed by atoms with Gasteiger partial charge in [0.1, 0.15) is 17.0 Å². The molecule has 0 aliphatic carbocycles. The maximum Gasteiger partial charge on any atom is 0.416 e. The number of hydrogen-bond donors (Lipinski definition) is 2. The van der Waals surface area contributed by atoms with Crippen LogP contribution in [0.5, 0.6) is 5.75 Å². The summed E-state index contributed by atoms with van der Waals surface area (Å²) in [6, 6.07) is 3.05. The molecule has 1 aliphatic heterocycles. The molecule has 1 aliphatic rings. The van der Waals surface area contributed by atoms with E-state index in [1.807, 2.05) is 0 Å². The number of likely N-dealkylation sites (tertiary alicyclic amines) is 1. The number of phenolic OH excluding ortho intramolecular Hbond substituents is 1. The number of aromatic nitrogens is 4. The van der Waals surface area contributed by atoms with Crippen LogP contribution in [0.4, 0.5) is 19.0 Å². The zero-order chi connectivity index (χ0) is 21.5. The first-order valence-electron chi connectivity index (χ1n) is 9.85. The number of hydrogen-bond acceptors (Lipinski definition) is 6. The number of piperidine rings is 1. The van der Waals surface area contributed by atoms with E-state index in [0.717, 1.165) is 38.5 Å². The average molecular weight is 420 g/mol. The van der Waals surface area contributed by atoms with Gasteiger partial charge in [-0.05, 0) is 44.1 Å². The lowest BCUT2D eigenvalue weighted by atomic mass is 10.0. The second-order valence-electron chi connectivity index (χ2n) is 7.53. The molecule has 1 fully saturated rings. The van der Waals surface area contributed by atoms with Crippen LogP contribution in [0.1, 0.15) is 25.3 Å². The Morgan fingerprint density at radius 3 is 2.77 bits per heavy atom. The summed E-state index contributed by atoms with van der Waals surface area (Å²) < 4.78 is 40.4. The number of aromatic hydroxyl groups is 1. The highest BCUT2D eigenvalue weighted by Crippen LogP contribution is 2.38. The van der Waals surface area contributed by atoms with Gasteiger partial charge in [-0.3, -0.25) is 4.68 Å². The number of likely N-dealkylation sites (N-methyl/N-ethyl adjacent to an activating group) is 1. The summed E-state index contributed by atoms with van der Waals surface area (Å²) in [6.07, 6.45) is -0.851. The molecule has 0 saturated carbocycles. The summed E-state index contributed by atoms with van der Waals surface area (Å²) >= 11 is 0. The molecule has 1 saturated heterocycles. The topological polar surface area (TPSA) is 79.1 Å². The van der Waals surface area contributed by atoms with E-state index < -0.39 is 17.5 Å². The quantitative estimate of drug-likeness (QED) is 0.671. The molecule has 7 nitrogen and oxygen atoms in total. The largest absolute Gasteiger partial charge is 0.507 e. The fraction of sp³-hybridized carbons (Fsp3) is 0.450. The molecule has 160 valence electrons. The van der Waals surface area contributed by atoms with Crippen LogP contribution in [-0.2, 0) is 13.2 Å². The highest BCUT2D eigenvalue weighted by atomic mass is 19.4. The number of halogens is 3. The summed E-state index contributed by atoms with van der Waals surface area (Å²) in [5.41, 5.74) is 0.228. The lowest BCUT2D eigenvalue weighted by molar-refractivity contribution is -0.137. The van der Waals surface area contributed by atoms with E-state index in [9.17, 15) is 18.3 Å². The minimum Gasteiger partial charge on any atom is -0.507 e. The third-order valence-corrected chi connectivity index (χ3v) is 5.54. The fourth-order valence-corrected chi connectivity index (χ4v) is 3.95. The van der Waals surface area contributed by atoms with Crippen LogP contribution < -0.4 is 5.32 Å². The van der Waals surface area contributed by atoms with Gasteiger partial charge in [-0.15, -0.1) is 10.2 Å². The number of alkyl halides is 3. The van der Waals surface area contributed by atoms with E-state index in [1.165, 1.54) is 6.07 Å². The smallest absolute Gasteiger partial charge is 0.416 e. The van der Waals surface area contributed by atoms with Crippen molar-refractivity contribution < 1.29 is 18.3 Å². The highest BCUT2D eigenvalue weighted by Gasteiger charge is 2.31. The first-order chi connectivity index (χ1) is 14.3. The third-order valence-electron chi connectivity index (χ3n) is 5.54. The molecule has 2 aromatic heterocycles. The van der Waals surface area contributed by atoms with Crippen molar-refractivity contribution in [2.45, 2.75) is 32.0 Å². The van der Waals surface area contributed by atoms with Crippen molar-refractivity contribution in [2.24, 2.45) is 7.05 Å². The number of fused-ring (bicyclic) bond motifs is 1. The van der Waals surface area contributed by atoms with Gasteiger partial charge in [-0.2, -0.15) is 18.3 Å². The third kappa shape index (κ3) is 3.79. The van der Waals surface area contributed by atoms with Crippen molar-refractivity contribution in [3.05, 3.63) is 30.0 Å². The van der Waals surface area contributed by atoms with Gasteiger partial charge in [0, 0.05) is 25.2 Å². The maximum atomic E-state index is 12.9. The average Bonchev–Trinajstić information content (AvgIpc) is 3.10. The minimum absolute atomic E-state index is 0.176. The van der Waals surface area contributed by atoms with E-state index in [0.29, 0.717) is 22.8 Å². The Hall–Kier alpha value is -2.88. The Balaban J connectivity index is 1.72. The molecule has 1 atom stereocenters. The molecule has 10 heteroatoms. The lowest BCUT2D eigenvalue weighted by Gasteiger charge is -2.32. The van der Waals surface area contributed by atoms with E-state index in [1.54, 1.807) is 17.9 Å². The van der Waals surface area contributed by atoms with Crippen molar-refractivity contribution in [3.8, 4) is 17.0 Å². The normalized spacial score (nSPS) is 18.1. The molecule has 0 amide bonds. The van der Waals surface area contributed by atoms with E-state index in [-0.39, 0.29) is 17.3 Å². The number of anilines is 1. The van der Waals surface area contributed by atoms with Gasteiger partial charge in [-0.1, -0.05) is 6.92 Å². The monoisotopic (exact) mass is 420 g/mol. The maximum absolute atomic E-state index is 12.9. The molecular formula is C20H23F3N6O. The Kier molecular flexibility index (Phi) is 5.27. The minimum atomic E-state index is -4.54. The Bertz CT molecular complexity index is 1060. The Morgan fingerprint density at radius 2 is 2.07 bits per heavy atom. The number of nitrogens with one attached hydrogen (secondary N) is 1. The molecule has 0 radical (unpaired) electrons. The van der Waals surface area contributed by atoms with Gasteiger partial charge in [0.2, 0.25) is 0 Å². The van der Waals surface area contributed by atoms with Gasteiger partial charge >= 0.3 is 6.18 Å². The van der Waals surface area contributed by atoms with Gasteiger partial charge < -0.3 is 15.3 Å². The number of phenols is 1. The molecule has 0 unspecified atom stereocenters. The molecule has 1 aromatic carbocycles. The molecule has 0 spiro atoms. The SMILES string of the molecule is CCN1CCC[C@@H](Nc2nnc(-c3ccc(C(F)(F)F)cc3O)c3cnn(C)c23)C1. The van der Waals surface area contributed by atoms with Crippen LogP contribution in [0, 0.1) is 0 Å². The van der Waals surface area contributed by atoms with E-state index in [2.05, 4.69) is 32.4 Å². The molecule has 2 N–H and O–H groups in total. The summed E-state index contributed by atoms with van der Waals surface area (Å²) in [5.74, 6) is 0.0685. The zero-order valence-corrected chi connectivity index (χ0v) is 16.7. The number of nitrogens with zero attached hydrogens (tertiary/aromatic N) is 5. The second-order valence-corrected chi connectivity index (χ2v) is 7.53. The van der Waals surface area contributed by atoms with Crippen LogP contribution in [0.2, 0.25) is 0 Å². The molecular weight excluding hydrogens is 397 g/mol. The van der Waals surface area contributed by atoms with Gasteiger partial charge in [-0.25, -0.2) is 0 Å². The molecule has 4 rings (SSSR count). The number of rotatable bonds is 4. The molecule has 30 heavy (non-hydrogen) atoms. The van der Waals surface area contributed by atoms with Crippen molar-refractivity contribution in [3.63, 3.8) is 0 Å². The van der Waals surface area contributed by atoms with Crippen LogP contribution in [0.3, 0.4) is 0 Å². The second kappa shape index (κ2) is 7.75. The Morgan fingerprint density at radius 1 is 1.27 bits per heavy atom. The zero-order valence-electron chi connectivity index (χ0n) is 16.7. The van der Waals surface area contributed by atoms with E-state index in [4.69, 9.17) is 0 Å². The van der Waals surface area contributed by atoms with Crippen molar-refractivity contribution >= 4 is 16.7 Å². The standard InChI is InChI=1S/C20H23F3N6O/c1-3-29-8-4-5-13(11-29)25-19-18-15(10-24-28(18)2)17(26-27-19)14-7-6-12(9-16(14)30)20(21,22)23/h6-7,9-10,13,30H,3-5,8,11H2,1-2H3,(H,25,27)/t13-/m1/s1. The van der Waals surface area contributed by atoms with Crippen LogP contribution in [0.25, 0.3) is 22.2 Å². The lowest BCUT2D eigenvalue weighted by Crippen LogP contribution is -2.42. The summed E-state index contributed by atoms with van der Waals surface area (Å²) in [7, 11) is 1.77. The number of aryl methyl sites for hydroxylation is 1. The first kappa shape index (κ1) is 20.4. The molecule has 3 heterocycles. The first-order valence-corrected chi connectivity index (χ1v) is 9.85. The van der Waals surface area contributed by atoms with Crippen LogP contribution >= 0.6 is 0 Å². The van der Waals surface area contributed by atoms with Gasteiger partial charge in [0.05, 0.1) is 17.1 Å². The van der Waals surface area contributed by atoms with Crippen molar-refractivity contribution in [1.82, 2.24) is 24.9 Å². The molecule has 3 aromatic rings. The highest BCUT2D eigenvalue weighted by molar-refractivity contribution is 5.98. The summed E-state index contributed by atoms with van der Waals surface area (Å²) in [4.78, 5) is 2.36. The predicted molar refractivity (Wildman–Crippen MR) is 107 cm³/mol. The molecule has 0 bridgehead atoms. The van der Waals surface area contributed by atoms with Gasteiger partial charge in [0.15, 0.2) is 5.82 Å².